The molecule has 0 aromatic carbocycles. The van der Waals surface area contributed by atoms with Crippen molar-refractivity contribution in [2.24, 2.45) is 0 Å². The Kier molecular flexibility index (Phi) is 4.84. The van der Waals surface area contributed by atoms with Gasteiger partial charge in [-0.05, 0) is 32.6 Å². The minimum Gasteiger partial charge on any atom is -0.383 e. The number of rotatable bonds is 6. The summed E-state index contributed by atoms with van der Waals surface area (Å²) in [4.78, 5) is 8.47. The molecule has 0 aliphatic heterocycles. The summed E-state index contributed by atoms with van der Waals surface area (Å²) in [5.74, 6) is 1.26. The van der Waals surface area contributed by atoms with Crippen LogP contribution in [0.3, 0.4) is 0 Å². The molecule has 2 aromatic heterocycles. The quantitative estimate of drug-likeness (QED) is 0.482. The second-order valence-corrected chi connectivity index (χ2v) is 5.37. The van der Waals surface area contributed by atoms with E-state index in [0.717, 1.165) is 31.0 Å². The first kappa shape index (κ1) is 14.6. The number of thioether (sulfide) groups is 1. The van der Waals surface area contributed by atoms with Gasteiger partial charge in [0.1, 0.15) is 11.6 Å². The van der Waals surface area contributed by atoms with E-state index < -0.39 is 0 Å². The zero-order chi connectivity index (χ0) is 14.5. The molecule has 0 aliphatic carbocycles. The minimum absolute atomic E-state index is 0.491. The third-order valence-corrected chi connectivity index (χ3v) is 3.41. The number of hydrogen-bond acceptors (Lipinski definition) is 6. The number of nitrogens with zero attached hydrogens (tertiary/aromatic N) is 4. The molecule has 0 saturated carbocycles. The summed E-state index contributed by atoms with van der Waals surface area (Å²) in [5, 5.41) is 8.39. The number of anilines is 2. The smallest absolute Gasteiger partial charge is 0.191 e. The average molecular weight is 292 g/mol. The van der Waals surface area contributed by atoms with Crippen LogP contribution in [0.5, 0.6) is 0 Å². The van der Waals surface area contributed by atoms with Crippen LogP contribution in [0.2, 0.25) is 0 Å². The third kappa shape index (κ3) is 3.86. The minimum atomic E-state index is 0.491. The predicted molar refractivity (Wildman–Crippen MR) is 83.0 cm³/mol. The van der Waals surface area contributed by atoms with Crippen LogP contribution in [0.25, 0.3) is 0 Å². The highest BCUT2D eigenvalue weighted by Crippen LogP contribution is 2.15. The van der Waals surface area contributed by atoms with Crippen molar-refractivity contribution >= 4 is 23.4 Å². The van der Waals surface area contributed by atoms with E-state index in [1.165, 1.54) is 17.5 Å². The first-order valence-electron chi connectivity index (χ1n) is 6.52. The summed E-state index contributed by atoms with van der Waals surface area (Å²) in [6.45, 7) is 5.80. The van der Waals surface area contributed by atoms with E-state index in [9.17, 15) is 0 Å². The van der Waals surface area contributed by atoms with Crippen LogP contribution in [0.4, 0.5) is 11.6 Å². The van der Waals surface area contributed by atoms with Gasteiger partial charge in [0, 0.05) is 24.8 Å². The molecule has 0 fully saturated rings. The highest BCUT2D eigenvalue weighted by Gasteiger charge is 2.02. The normalized spacial score (nSPS) is 10.8. The molecule has 2 rings (SSSR count). The molecule has 0 amide bonds. The van der Waals surface area contributed by atoms with Gasteiger partial charge in [-0.3, -0.25) is 4.68 Å². The monoisotopic (exact) mass is 292 g/mol. The maximum atomic E-state index is 5.73. The second kappa shape index (κ2) is 6.60. The molecule has 0 atom stereocenters. The fourth-order valence-electron chi connectivity index (χ4n) is 1.97. The summed E-state index contributed by atoms with van der Waals surface area (Å²) in [6, 6.07) is 3.84. The fraction of sp³-hybridized carbons (Fsp3) is 0.462. The Morgan fingerprint density at radius 2 is 2.10 bits per heavy atom. The zero-order valence-corrected chi connectivity index (χ0v) is 12.9. The van der Waals surface area contributed by atoms with Gasteiger partial charge in [0.15, 0.2) is 5.16 Å². The maximum Gasteiger partial charge on any atom is 0.191 e. The van der Waals surface area contributed by atoms with Crippen molar-refractivity contribution in [3.63, 3.8) is 0 Å². The lowest BCUT2D eigenvalue weighted by molar-refractivity contribution is 0.573. The van der Waals surface area contributed by atoms with E-state index in [1.54, 1.807) is 6.07 Å². The van der Waals surface area contributed by atoms with Crippen molar-refractivity contribution in [2.45, 2.75) is 32.0 Å². The van der Waals surface area contributed by atoms with E-state index in [4.69, 9.17) is 5.73 Å². The maximum absolute atomic E-state index is 5.73. The molecule has 0 bridgehead atoms. The van der Waals surface area contributed by atoms with E-state index >= 15 is 0 Å². The van der Waals surface area contributed by atoms with Crippen LogP contribution in [0, 0.1) is 13.8 Å². The van der Waals surface area contributed by atoms with Crippen LogP contribution in [-0.2, 0) is 6.54 Å². The Hall–Kier alpha value is -1.76. The lowest BCUT2D eigenvalue weighted by atomic mass is 10.4. The lowest BCUT2D eigenvalue weighted by Gasteiger charge is -2.08. The van der Waals surface area contributed by atoms with Gasteiger partial charge in [-0.2, -0.15) is 5.10 Å². The summed E-state index contributed by atoms with van der Waals surface area (Å²) in [6.07, 6.45) is 2.90. The van der Waals surface area contributed by atoms with E-state index in [0.29, 0.717) is 11.0 Å². The number of nitrogens with one attached hydrogen (secondary N) is 1. The Balaban J connectivity index is 1.84. The standard InChI is InChI=1S/C13H20N6S/c1-9-7-10(2)19(18-9)6-4-5-15-12-8-11(14)16-13(17-12)20-3/h7-8H,4-6H2,1-3H3,(H3,14,15,16,17). The molecule has 0 spiro atoms. The summed E-state index contributed by atoms with van der Waals surface area (Å²) in [7, 11) is 0. The number of hydrogen-bond donors (Lipinski definition) is 2. The van der Waals surface area contributed by atoms with Gasteiger partial charge in [0.25, 0.3) is 0 Å². The summed E-state index contributed by atoms with van der Waals surface area (Å²) in [5.41, 5.74) is 7.99. The van der Waals surface area contributed by atoms with Gasteiger partial charge in [-0.1, -0.05) is 11.8 Å². The van der Waals surface area contributed by atoms with Crippen molar-refractivity contribution < 1.29 is 0 Å². The van der Waals surface area contributed by atoms with Crippen molar-refractivity contribution in [1.82, 2.24) is 19.7 Å². The van der Waals surface area contributed by atoms with Crippen molar-refractivity contribution in [3.8, 4) is 0 Å². The number of nitrogen functional groups attached to an aromatic ring is 1. The first-order chi connectivity index (χ1) is 9.58. The molecule has 0 aliphatic rings. The molecular weight excluding hydrogens is 272 g/mol. The Labute approximate surface area is 123 Å². The first-order valence-corrected chi connectivity index (χ1v) is 7.74. The summed E-state index contributed by atoms with van der Waals surface area (Å²) < 4.78 is 2.03. The van der Waals surface area contributed by atoms with Crippen molar-refractivity contribution in [3.05, 3.63) is 23.5 Å². The SMILES string of the molecule is CSc1nc(N)cc(NCCCn2nc(C)cc2C)n1. The van der Waals surface area contributed by atoms with Crippen molar-refractivity contribution in [1.29, 1.82) is 0 Å². The average Bonchev–Trinajstić information content (AvgIpc) is 2.72. The molecule has 2 heterocycles. The molecular formula is C13H20N6S. The van der Waals surface area contributed by atoms with Crippen LogP contribution in [-0.4, -0.2) is 32.5 Å². The van der Waals surface area contributed by atoms with Gasteiger partial charge < -0.3 is 11.1 Å². The number of nitrogens with two attached hydrogens (primary N) is 1. The predicted octanol–water partition coefficient (Wildman–Crippen LogP) is 2.10. The van der Waals surface area contributed by atoms with Gasteiger partial charge >= 0.3 is 0 Å². The Bertz CT molecular complexity index is 580. The van der Waals surface area contributed by atoms with Crippen molar-refractivity contribution in [2.75, 3.05) is 23.9 Å². The highest BCUT2D eigenvalue weighted by atomic mass is 32.2. The zero-order valence-electron chi connectivity index (χ0n) is 12.1. The van der Waals surface area contributed by atoms with Crippen LogP contribution in [0.15, 0.2) is 17.3 Å². The molecule has 3 N–H and O–H groups in total. The molecule has 6 nitrogen and oxygen atoms in total. The fourth-order valence-corrected chi connectivity index (χ4v) is 2.36. The molecule has 7 heteroatoms. The lowest BCUT2D eigenvalue weighted by Crippen LogP contribution is -2.10. The molecule has 0 saturated heterocycles. The molecule has 20 heavy (non-hydrogen) atoms. The topological polar surface area (TPSA) is 81.6 Å². The Morgan fingerprint density at radius 1 is 1.30 bits per heavy atom. The van der Waals surface area contributed by atoms with Crippen LogP contribution >= 0.6 is 11.8 Å². The van der Waals surface area contributed by atoms with E-state index in [1.807, 2.05) is 17.9 Å². The van der Waals surface area contributed by atoms with Crippen LogP contribution < -0.4 is 11.1 Å². The number of aryl methyl sites for hydroxylation is 3. The largest absolute Gasteiger partial charge is 0.383 e. The van der Waals surface area contributed by atoms with E-state index in [-0.39, 0.29) is 0 Å². The van der Waals surface area contributed by atoms with Gasteiger partial charge in [-0.15, -0.1) is 0 Å². The van der Waals surface area contributed by atoms with Gasteiger partial charge in [0.05, 0.1) is 5.69 Å². The molecule has 108 valence electrons. The Morgan fingerprint density at radius 3 is 2.75 bits per heavy atom. The molecule has 0 radical (unpaired) electrons. The number of aromatic nitrogens is 4. The molecule has 0 unspecified atom stereocenters. The second-order valence-electron chi connectivity index (χ2n) is 4.60. The van der Waals surface area contributed by atoms with Crippen LogP contribution in [0.1, 0.15) is 17.8 Å². The highest BCUT2D eigenvalue weighted by molar-refractivity contribution is 7.98. The molecule has 2 aromatic rings. The van der Waals surface area contributed by atoms with E-state index in [2.05, 4.69) is 33.4 Å². The van der Waals surface area contributed by atoms with Gasteiger partial charge in [-0.25, -0.2) is 9.97 Å². The third-order valence-electron chi connectivity index (χ3n) is 2.86. The van der Waals surface area contributed by atoms with Gasteiger partial charge in [0.2, 0.25) is 0 Å². The summed E-state index contributed by atoms with van der Waals surface area (Å²) >= 11 is 1.48.